The second kappa shape index (κ2) is 7.63. The first-order valence-electron chi connectivity index (χ1n) is 8.68. The molecule has 0 radical (unpaired) electrons. The number of amides is 1. The number of anilines is 2. The number of benzene rings is 1. The lowest BCUT2D eigenvalue weighted by molar-refractivity contribution is -0.119. The highest BCUT2D eigenvalue weighted by atomic mass is 32.2. The van der Waals surface area contributed by atoms with Gasteiger partial charge in [0.2, 0.25) is 11.9 Å². The molecule has 9 heteroatoms. The van der Waals surface area contributed by atoms with Crippen LogP contribution in [0.3, 0.4) is 0 Å². The fourth-order valence-corrected chi connectivity index (χ4v) is 3.95. The normalized spacial score (nSPS) is 19.0. The zero-order valence-corrected chi connectivity index (χ0v) is 15.0. The molecule has 2 aliphatic heterocycles. The van der Waals surface area contributed by atoms with Gasteiger partial charge in [-0.25, -0.2) is 4.39 Å². The number of hydrogen-bond acceptors (Lipinski definition) is 6. The lowest BCUT2D eigenvalue weighted by atomic mass is 10.2. The first kappa shape index (κ1) is 17.3. The molecule has 0 spiro atoms. The summed E-state index contributed by atoms with van der Waals surface area (Å²) >= 11 is 1.37. The summed E-state index contributed by atoms with van der Waals surface area (Å²) in [4.78, 5) is 14.0. The van der Waals surface area contributed by atoms with E-state index in [1.54, 1.807) is 12.1 Å². The Labute approximate surface area is 154 Å². The van der Waals surface area contributed by atoms with Gasteiger partial charge in [0.25, 0.3) is 0 Å². The highest BCUT2D eigenvalue weighted by molar-refractivity contribution is 7.99. The van der Waals surface area contributed by atoms with Crippen LogP contribution in [0.15, 0.2) is 29.4 Å². The van der Waals surface area contributed by atoms with E-state index in [2.05, 4.69) is 15.5 Å². The average Bonchev–Trinajstić information content (AvgIpc) is 3.37. The van der Waals surface area contributed by atoms with E-state index in [9.17, 15) is 9.18 Å². The molecule has 1 atom stereocenters. The third kappa shape index (κ3) is 3.68. The standard InChI is InChI=1S/C17H20FN5O2S/c18-12-3-5-13(6-4-12)22-7-8-23-16(22)20-21-17(23)26-11-15(24)19-10-14-2-1-9-25-14/h3-6,14H,1-2,7-11H2,(H,19,24)/t14-/m0/s1. The number of aromatic nitrogens is 3. The van der Waals surface area contributed by atoms with Crippen LogP contribution < -0.4 is 10.2 Å². The molecule has 2 aromatic rings. The van der Waals surface area contributed by atoms with Crippen LogP contribution in [-0.4, -0.2) is 52.2 Å². The summed E-state index contributed by atoms with van der Waals surface area (Å²) in [5.41, 5.74) is 0.878. The molecule has 0 unspecified atom stereocenters. The van der Waals surface area contributed by atoms with Gasteiger partial charge < -0.3 is 15.0 Å². The molecule has 138 valence electrons. The number of fused-ring (bicyclic) bond motifs is 1. The molecule has 0 bridgehead atoms. The molecule has 1 saturated heterocycles. The maximum Gasteiger partial charge on any atom is 0.232 e. The van der Waals surface area contributed by atoms with E-state index >= 15 is 0 Å². The number of carbonyl (C=O) groups excluding carboxylic acids is 1. The van der Waals surface area contributed by atoms with Crippen LogP contribution in [0, 0.1) is 5.82 Å². The number of carbonyl (C=O) groups is 1. The van der Waals surface area contributed by atoms with Gasteiger partial charge in [0, 0.05) is 31.9 Å². The van der Waals surface area contributed by atoms with Gasteiger partial charge in [0.15, 0.2) is 5.16 Å². The minimum absolute atomic E-state index is 0.0313. The van der Waals surface area contributed by atoms with Crippen LogP contribution in [0.25, 0.3) is 0 Å². The molecule has 1 fully saturated rings. The molecule has 26 heavy (non-hydrogen) atoms. The molecule has 1 aromatic carbocycles. The lowest BCUT2D eigenvalue weighted by Crippen LogP contribution is -2.32. The summed E-state index contributed by atoms with van der Waals surface area (Å²) in [5.74, 6) is 0.719. The van der Waals surface area contributed by atoms with Gasteiger partial charge in [0.1, 0.15) is 5.82 Å². The average molecular weight is 377 g/mol. The van der Waals surface area contributed by atoms with Crippen molar-refractivity contribution in [3.8, 4) is 0 Å². The highest BCUT2D eigenvalue weighted by Gasteiger charge is 2.26. The Morgan fingerprint density at radius 3 is 2.92 bits per heavy atom. The Kier molecular flexibility index (Phi) is 5.07. The van der Waals surface area contributed by atoms with Crippen molar-refractivity contribution in [1.29, 1.82) is 0 Å². The van der Waals surface area contributed by atoms with Crippen molar-refractivity contribution in [1.82, 2.24) is 20.1 Å². The van der Waals surface area contributed by atoms with Crippen LogP contribution in [-0.2, 0) is 16.1 Å². The Bertz CT molecular complexity index is 776. The van der Waals surface area contributed by atoms with E-state index in [0.29, 0.717) is 12.3 Å². The molecular weight excluding hydrogens is 357 g/mol. The number of hydrogen-bond donors (Lipinski definition) is 1. The summed E-state index contributed by atoms with van der Waals surface area (Å²) in [6, 6.07) is 6.32. The van der Waals surface area contributed by atoms with Crippen LogP contribution in [0.5, 0.6) is 0 Å². The Hall–Kier alpha value is -2.13. The van der Waals surface area contributed by atoms with Gasteiger partial charge in [-0.2, -0.15) is 0 Å². The zero-order valence-electron chi connectivity index (χ0n) is 14.2. The predicted octanol–water partition coefficient (Wildman–Crippen LogP) is 1.96. The van der Waals surface area contributed by atoms with Crippen LogP contribution in [0.2, 0.25) is 0 Å². The first-order valence-corrected chi connectivity index (χ1v) is 9.66. The van der Waals surface area contributed by atoms with E-state index in [4.69, 9.17) is 4.74 Å². The zero-order chi connectivity index (χ0) is 17.9. The van der Waals surface area contributed by atoms with E-state index in [1.807, 2.05) is 9.47 Å². The highest BCUT2D eigenvalue weighted by Crippen LogP contribution is 2.31. The number of nitrogens with zero attached hydrogens (tertiary/aromatic N) is 4. The SMILES string of the molecule is O=C(CSc1nnc2n1CCN2c1ccc(F)cc1)NC[C@@H]1CCCO1. The number of rotatable bonds is 6. The van der Waals surface area contributed by atoms with Crippen molar-refractivity contribution in [2.24, 2.45) is 0 Å². The van der Waals surface area contributed by atoms with Crippen molar-refractivity contribution in [2.75, 3.05) is 30.3 Å². The molecule has 1 N–H and O–H groups in total. The summed E-state index contributed by atoms with van der Waals surface area (Å²) in [5, 5.41) is 12.1. The summed E-state index contributed by atoms with van der Waals surface area (Å²) < 4.78 is 20.6. The minimum atomic E-state index is -0.264. The Morgan fingerprint density at radius 2 is 2.15 bits per heavy atom. The third-order valence-electron chi connectivity index (χ3n) is 4.51. The molecule has 4 rings (SSSR count). The fraction of sp³-hybridized carbons (Fsp3) is 0.471. The topological polar surface area (TPSA) is 72.3 Å². The van der Waals surface area contributed by atoms with E-state index in [-0.39, 0.29) is 17.8 Å². The lowest BCUT2D eigenvalue weighted by Gasteiger charge is -2.14. The molecule has 0 saturated carbocycles. The summed E-state index contributed by atoms with van der Waals surface area (Å²) in [6.07, 6.45) is 2.21. The maximum atomic E-state index is 13.1. The van der Waals surface area contributed by atoms with Gasteiger partial charge in [-0.1, -0.05) is 11.8 Å². The van der Waals surface area contributed by atoms with E-state index in [1.165, 1.54) is 23.9 Å². The molecule has 0 aliphatic carbocycles. The van der Waals surface area contributed by atoms with E-state index in [0.717, 1.165) is 49.3 Å². The Balaban J connectivity index is 1.34. The van der Waals surface area contributed by atoms with Crippen molar-refractivity contribution < 1.29 is 13.9 Å². The molecular formula is C17H20FN5O2S. The second-order valence-electron chi connectivity index (χ2n) is 6.29. The predicted molar refractivity (Wildman–Crippen MR) is 96.1 cm³/mol. The van der Waals surface area contributed by atoms with Crippen molar-refractivity contribution >= 4 is 29.3 Å². The van der Waals surface area contributed by atoms with Crippen molar-refractivity contribution in [2.45, 2.75) is 30.6 Å². The van der Waals surface area contributed by atoms with Gasteiger partial charge in [-0.3, -0.25) is 9.36 Å². The Morgan fingerprint density at radius 1 is 1.31 bits per heavy atom. The second-order valence-corrected chi connectivity index (χ2v) is 7.23. The molecule has 7 nitrogen and oxygen atoms in total. The number of nitrogens with one attached hydrogen (secondary N) is 1. The van der Waals surface area contributed by atoms with Crippen LogP contribution in [0.4, 0.5) is 16.0 Å². The number of thioether (sulfide) groups is 1. The van der Waals surface area contributed by atoms with Gasteiger partial charge in [0.05, 0.1) is 11.9 Å². The quantitative estimate of drug-likeness (QED) is 0.776. The fourth-order valence-electron chi connectivity index (χ4n) is 3.16. The van der Waals surface area contributed by atoms with Gasteiger partial charge >= 0.3 is 0 Å². The number of ether oxygens (including phenoxy) is 1. The number of halogens is 1. The summed E-state index contributed by atoms with van der Waals surface area (Å²) in [6.45, 7) is 2.83. The molecule has 3 heterocycles. The molecule has 2 aliphatic rings. The first-order chi connectivity index (χ1) is 12.7. The van der Waals surface area contributed by atoms with Crippen LogP contribution in [0.1, 0.15) is 12.8 Å². The van der Waals surface area contributed by atoms with Crippen molar-refractivity contribution in [3.63, 3.8) is 0 Å². The monoisotopic (exact) mass is 377 g/mol. The molecule has 1 aromatic heterocycles. The van der Waals surface area contributed by atoms with Gasteiger partial charge in [-0.15, -0.1) is 10.2 Å². The van der Waals surface area contributed by atoms with E-state index < -0.39 is 0 Å². The third-order valence-corrected chi connectivity index (χ3v) is 5.47. The molecule has 1 amide bonds. The smallest absolute Gasteiger partial charge is 0.232 e. The largest absolute Gasteiger partial charge is 0.376 e. The van der Waals surface area contributed by atoms with Crippen LogP contribution >= 0.6 is 11.8 Å². The summed E-state index contributed by atoms with van der Waals surface area (Å²) in [7, 11) is 0. The maximum absolute atomic E-state index is 13.1. The minimum Gasteiger partial charge on any atom is -0.376 e. The van der Waals surface area contributed by atoms with Crippen molar-refractivity contribution in [3.05, 3.63) is 30.1 Å². The van der Waals surface area contributed by atoms with Gasteiger partial charge in [-0.05, 0) is 37.1 Å².